The third-order valence-electron chi connectivity index (χ3n) is 4.30. The third-order valence-corrected chi connectivity index (χ3v) is 4.30. The summed E-state index contributed by atoms with van der Waals surface area (Å²) in [5, 5.41) is 2.71. The molecule has 0 bridgehead atoms. The van der Waals surface area contributed by atoms with E-state index in [1.165, 1.54) is 6.07 Å². The van der Waals surface area contributed by atoms with E-state index in [1.807, 2.05) is 36.4 Å². The lowest BCUT2D eigenvalue weighted by atomic mass is 10.1. The molecule has 1 aromatic heterocycles. The van der Waals surface area contributed by atoms with Crippen LogP contribution in [0.2, 0.25) is 0 Å². The number of nitrogens with one attached hydrogen (secondary N) is 1. The van der Waals surface area contributed by atoms with Crippen molar-refractivity contribution in [1.82, 2.24) is 5.32 Å². The normalized spacial score (nSPS) is 10.8. The monoisotopic (exact) mass is 401 g/mol. The summed E-state index contributed by atoms with van der Waals surface area (Å²) >= 11 is 0. The Bertz CT molecular complexity index is 938. The lowest BCUT2D eigenvalue weighted by Gasteiger charge is -2.11. The number of hydrogen-bond donors (Lipinski definition) is 1. The highest BCUT2D eigenvalue weighted by Crippen LogP contribution is 2.25. The van der Waals surface area contributed by atoms with E-state index in [1.54, 1.807) is 25.3 Å². The van der Waals surface area contributed by atoms with Gasteiger partial charge in [0.25, 0.3) is 0 Å². The van der Waals surface area contributed by atoms with Crippen LogP contribution < -0.4 is 14.8 Å². The van der Waals surface area contributed by atoms with Gasteiger partial charge in [0, 0.05) is 30.5 Å². The van der Waals surface area contributed by atoms with Gasteiger partial charge < -0.3 is 19.2 Å². The maximum atomic E-state index is 12.4. The lowest BCUT2D eigenvalue weighted by Crippen LogP contribution is -2.23. The van der Waals surface area contributed by atoms with Gasteiger partial charge in [-0.2, -0.15) is 8.78 Å². The van der Waals surface area contributed by atoms with E-state index in [0.717, 1.165) is 11.3 Å². The molecule has 0 fully saturated rings. The number of amides is 1. The zero-order valence-electron chi connectivity index (χ0n) is 15.9. The summed E-state index contributed by atoms with van der Waals surface area (Å²) in [5.41, 5.74) is 1.40. The van der Waals surface area contributed by atoms with Crippen LogP contribution >= 0.6 is 0 Å². The molecule has 1 amide bonds. The second-order valence-electron chi connectivity index (χ2n) is 6.26. The minimum Gasteiger partial charge on any atom is -0.497 e. The Balaban J connectivity index is 1.51. The number of methoxy groups -OCH3 is 1. The molecule has 5 nitrogen and oxygen atoms in total. The van der Waals surface area contributed by atoms with Crippen LogP contribution in [0, 0.1) is 0 Å². The Morgan fingerprint density at radius 3 is 2.55 bits per heavy atom. The summed E-state index contributed by atoms with van der Waals surface area (Å²) in [4.78, 5) is 12.1. The van der Waals surface area contributed by atoms with Gasteiger partial charge in [-0.05, 0) is 42.5 Å². The quantitative estimate of drug-likeness (QED) is 0.559. The minimum absolute atomic E-state index is 0.0537. The molecule has 0 aliphatic heterocycles. The first kappa shape index (κ1) is 20.4. The third kappa shape index (κ3) is 5.81. The molecule has 0 saturated heterocycles. The van der Waals surface area contributed by atoms with Crippen molar-refractivity contribution in [3.05, 3.63) is 72.0 Å². The molecule has 0 aliphatic carbocycles. The summed E-state index contributed by atoms with van der Waals surface area (Å²) in [7, 11) is 1.61. The van der Waals surface area contributed by atoms with Crippen LogP contribution in [0.4, 0.5) is 8.78 Å². The highest BCUT2D eigenvalue weighted by atomic mass is 19.3. The van der Waals surface area contributed by atoms with Gasteiger partial charge in [-0.1, -0.05) is 18.2 Å². The van der Waals surface area contributed by atoms with Gasteiger partial charge in [-0.3, -0.25) is 4.79 Å². The largest absolute Gasteiger partial charge is 0.497 e. The molecule has 0 aliphatic rings. The summed E-state index contributed by atoms with van der Waals surface area (Å²) in [5.74, 6) is 2.00. The molecule has 3 aromatic rings. The van der Waals surface area contributed by atoms with E-state index in [2.05, 4.69) is 10.1 Å². The first-order chi connectivity index (χ1) is 14.0. The second kappa shape index (κ2) is 9.73. The van der Waals surface area contributed by atoms with Gasteiger partial charge in [0.15, 0.2) is 0 Å². The number of hydrogen-bond acceptors (Lipinski definition) is 4. The first-order valence-electron chi connectivity index (χ1n) is 9.07. The zero-order valence-corrected chi connectivity index (χ0v) is 15.9. The maximum absolute atomic E-state index is 12.4. The molecule has 29 heavy (non-hydrogen) atoms. The highest BCUT2D eigenvalue weighted by molar-refractivity contribution is 5.76. The SMILES string of the molecule is COc1ccc(-c2ccc(CCC(=O)NCc3ccccc3OC(F)F)o2)cc1. The van der Waals surface area contributed by atoms with Crippen LogP contribution in [-0.4, -0.2) is 19.6 Å². The van der Waals surface area contributed by atoms with Gasteiger partial charge >= 0.3 is 6.61 Å². The van der Waals surface area contributed by atoms with Crippen molar-refractivity contribution in [3.8, 4) is 22.8 Å². The number of furan rings is 1. The molecular formula is C22H21F2NO4. The summed E-state index contributed by atoms with van der Waals surface area (Å²) in [6.07, 6.45) is 0.643. The molecule has 0 saturated carbocycles. The highest BCUT2D eigenvalue weighted by Gasteiger charge is 2.11. The fraction of sp³-hybridized carbons (Fsp3) is 0.227. The van der Waals surface area contributed by atoms with Gasteiger partial charge in [-0.25, -0.2) is 0 Å². The van der Waals surface area contributed by atoms with Crippen molar-refractivity contribution in [2.24, 2.45) is 0 Å². The number of benzene rings is 2. The molecule has 3 rings (SSSR count). The van der Waals surface area contributed by atoms with Crippen LogP contribution in [0.3, 0.4) is 0 Å². The average molecular weight is 401 g/mol. The van der Waals surface area contributed by atoms with Gasteiger partial charge in [0.2, 0.25) is 5.91 Å². The van der Waals surface area contributed by atoms with Crippen molar-refractivity contribution in [3.63, 3.8) is 0 Å². The van der Waals surface area contributed by atoms with Crippen molar-refractivity contribution < 1.29 is 27.5 Å². The predicted molar refractivity (Wildman–Crippen MR) is 104 cm³/mol. The molecular weight excluding hydrogens is 380 g/mol. The maximum Gasteiger partial charge on any atom is 0.387 e. The number of aryl methyl sites for hydroxylation is 1. The van der Waals surface area contributed by atoms with Crippen molar-refractivity contribution in [2.45, 2.75) is 26.0 Å². The fourth-order valence-corrected chi connectivity index (χ4v) is 2.80. The van der Waals surface area contributed by atoms with Crippen molar-refractivity contribution >= 4 is 5.91 Å². The van der Waals surface area contributed by atoms with Crippen molar-refractivity contribution in [2.75, 3.05) is 7.11 Å². The van der Waals surface area contributed by atoms with E-state index < -0.39 is 6.61 Å². The summed E-state index contributed by atoms with van der Waals surface area (Å²) < 4.78 is 40.3. The molecule has 0 unspecified atom stereocenters. The number of carbonyl (C=O) groups excluding carboxylic acids is 1. The van der Waals surface area contributed by atoms with Gasteiger partial charge in [0.1, 0.15) is 23.0 Å². The Morgan fingerprint density at radius 1 is 1.07 bits per heavy atom. The fourth-order valence-electron chi connectivity index (χ4n) is 2.80. The predicted octanol–water partition coefficient (Wildman–Crippen LogP) is 4.81. The Kier molecular flexibility index (Phi) is 6.84. The molecule has 2 aromatic carbocycles. The number of carbonyl (C=O) groups is 1. The number of halogens is 2. The summed E-state index contributed by atoms with van der Waals surface area (Å²) in [6.45, 7) is -2.80. The van der Waals surface area contributed by atoms with E-state index >= 15 is 0 Å². The summed E-state index contributed by atoms with van der Waals surface area (Å²) in [6, 6.07) is 17.5. The molecule has 0 atom stereocenters. The number of ether oxygens (including phenoxy) is 2. The standard InChI is InChI=1S/C22H21F2NO4/c1-27-17-8-6-15(7-9-17)20-12-10-18(28-20)11-13-21(26)25-14-16-4-2-3-5-19(16)29-22(23)24/h2-10,12,22H,11,13-14H2,1H3,(H,25,26). The Labute approximate surface area is 167 Å². The molecule has 1 N–H and O–H groups in total. The first-order valence-corrected chi connectivity index (χ1v) is 9.07. The van der Waals surface area contributed by atoms with E-state index in [-0.39, 0.29) is 24.6 Å². The van der Waals surface area contributed by atoms with Crippen LogP contribution in [-0.2, 0) is 17.8 Å². The van der Waals surface area contributed by atoms with Crippen LogP contribution in [0.5, 0.6) is 11.5 Å². The molecule has 1 heterocycles. The molecule has 0 radical (unpaired) electrons. The van der Waals surface area contributed by atoms with Crippen LogP contribution in [0.25, 0.3) is 11.3 Å². The van der Waals surface area contributed by atoms with E-state index in [4.69, 9.17) is 9.15 Å². The van der Waals surface area contributed by atoms with Gasteiger partial charge in [0.05, 0.1) is 7.11 Å². The Hall–Kier alpha value is -3.35. The second-order valence-corrected chi connectivity index (χ2v) is 6.26. The molecule has 0 spiro atoms. The number of rotatable bonds is 9. The lowest BCUT2D eigenvalue weighted by molar-refractivity contribution is -0.121. The molecule has 152 valence electrons. The number of para-hydroxylation sites is 1. The number of alkyl halides is 2. The smallest absolute Gasteiger partial charge is 0.387 e. The zero-order chi connectivity index (χ0) is 20.6. The van der Waals surface area contributed by atoms with Crippen LogP contribution in [0.1, 0.15) is 17.7 Å². The minimum atomic E-state index is -2.91. The van der Waals surface area contributed by atoms with Crippen LogP contribution in [0.15, 0.2) is 65.1 Å². The van der Waals surface area contributed by atoms with E-state index in [9.17, 15) is 13.6 Å². The molecule has 7 heteroatoms. The Morgan fingerprint density at radius 2 is 1.83 bits per heavy atom. The van der Waals surface area contributed by atoms with Crippen molar-refractivity contribution in [1.29, 1.82) is 0 Å². The van der Waals surface area contributed by atoms with Gasteiger partial charge in [-0.15, -0.1) is 0 Å². The topological polar surface area (TPSA) is 60.7 Å². The average Bonchev–Trinajstić information content (AvgIpc) is 3.20. The van der Waals surface area contributed by atoms with E-state index in [0.29, 0.717) is 23.5 Å².